The monoisotopic (exact) mass is 328 g/mol. The van der Waals surface area contributed by atoms with Crippen LogP contribution in [0.3, 0.4) is 0 Å². The standard InChI is InChI=1S/C19H21ClN2O/c1-13(14-9-11-17(20)12-10-14)21-19(23)22-18(16-7-8-16)15-5-3-2-4-6-15/h2-6,9-13,16,18H,7-8H2,1H3,(H2,21,22,23). The lowest BCUT2D eigenvalue weighted by atomic mass is 10.0. The lowest BCUT2D eigenvalue weighted by molar-refractivity contribution is 0.232. The van der Waals surface area contributed by atoms with E-state index < -0.39 is 0 Å². The fourth-order valence-corrected chi connectivity index (χ4v) is 2.90. The van der Waals surface area contributed by atoms with Crippen LogP contribution in [0.2, 0.25) is 5.02 Å². The van der Waals surface area contributed by atoms with E-state index in [4.69, 9.17) is 11.6 Å². The van der Waals surface area contributed by atoms with Crippen molar-refractivity contribution >= 4 is 17.6 Å². The Morgan fingerprint density at radius 2 is 1.65 bits per heavy atom. The molecule has 2 N–H and O–H groups in total. The molecule has 0 aromatic heterocycles. The maximum atomic E-state index is 12.4. The summed E-state index contributed by atoms with van der Waals surface area (Å²) in [6, 6.07) is 17.6. The highest BCUT2D eigenvalue weighted by molar-refractivity contribution is 6.30. The molecule has 1 saturated carbocycles. The highest BCUT2D eigenvalue weighted by atomic mass is 35.5. The number of benzene rings is 2. The van der Waals surface area contributed by atoms with Gasteiger partial charge in [0.25, 0.3) is 0 Å². The zero-order valence-corrected chi connectivity index (χ0v) is 13.9. The molecule has 2 aromatic rings. The van der Waals surface area contributed by atoms with Gasteiger partial charge < -0.3 is 10.6 Å². The topological polar surface area (TPSA) is 41.1 Å². The molecule has 1 aliphatic carbocycles. The van der Waals surface area contributed by atoms with Gasteiger partial charge in [0, 0.05) is 5.02 Å². The molecular weight excluding hydrogens is 308 g/mol. The molecule has 0 spiro atoms. The summed E-state index contributed by atoms with van der Waals surface area (Å²) in [6.07, 6.45) is 2.35. The second-order valence-corrected chi connectivity index (χ2v) is 6.55. The molecule has 0 saturated heterocycles. The number of nitrogens with one attached hydrogen (secondary N) is 2. The molecule has 2 atom stereocenters. The van der Waals surface area contributed by atoms with E-state index in [9.17, 15) is 4.79 Å². The van der Waals surface area contributed by atoms with Gasteiger partial charge in [0.1, 0.15) is 0 Å². The minimum absolute atomic E-state index is 0.0668. The molecule has 3 nitrogen and oxygen atoms in total. The largest absolute Gasteiger partial charge is 0.332 e. The van der Waals surface area contributed by atoms with Gasteiger partial charge in [-0.3, -0.25) is 0 Å². The third kappa shape index (κ3) is 4.26. The number of hydrogen-bond acceptors (Lipinski definition) is 1. The molecule has 0 bridgehead atoms. The number of hydrogen-bond donors (Lipinski definition) is 2. The Balaban J connectivity index is 1.62. The van der Waals surface area contributed by atoms with Crippen LogP contribution in [0.5, 0.6) is 0 Å². The van der Waals surface area contributed by atoms with Crippen LogP contribution in [0.15, 0.2) is 54.6 Å². The van der Waals surface area contributed by atoms with Crippen molar-refractivity contribution in [3.8, 4) is 0 Å². The third-order valence-corrected chi connectivity index (χ3v) is 4.51. The molecule has 2 aromatic carbocycles. The number of carbonyl (C=O) groups excluding carboxylic acids is 1. The Labute approximate surface area is 142 Å². The van der Waals surface area contributed by atoms with Crippen molar-refractivity contribution in [3.05, 3.63) is 70.7 Å². The number of halogens is 1. The van der Waals surface area contributed by atoms with Crippen molar-refractivity contribution in [2.75, 3.05) is 0 Å². The van der Waals surface area contributed by atoms with Crippen LogP contribution >= 0.6 is 11.6 Å². The van der Waals surface area contributed by atoms with Gasteiger partial charge in [-0.25, -0.2) is 4.79 Å². The van der Waals surface area contributed by atoms with E-state index in [2.05, 4.69) is 22.8 Å². The summed E-state index contributed by atoms with van der Waals surface area (Å²) in [5.74, 6) is 0.550. The Kier molecular flexibility index (Phi) is 4.87. The van der Waals surface area contributed by atoms with Crippen LogP contribution < -0.4 is 10.6 Å². The zero-order chi connectivity index (χ0) is 16.2. The lowest BCUT2D eigenvalue weighted by Crippen LogP contribution is -2.39. The molecule has 1 aliphatic rings. The smallest absolute Gasteiger partial charge is 0.315 e. The van der Waals surface area contributed by atoms with E-state index in [-0.39, 0.29) is 18.1 Å². The van der Waals surface area contributed by atoms with E-state index in [1.54, 1.807) is 0 Å². The van der Waals surface area contributed by atoms with Crippen molar-refractivity contribution in [3.63, 3.8) is 0 Å². The fraction of sp³-hybridized carbons (Fsp3) is 0.316. The SMILES string of the molecule is CC(NC(=O)NC(c1ccccc1)C1CC1)c1ccc(Cl)cc1. The molecule has 2 amide bonds. The molecular formula is C19H21ClN2O. The molecule has 120 valence electrons. The van der Waals surface area contributed by atoms with Crippen molar-refractivity contribution in [2.24, 2.45) is 5.92 Å². The van der Waals surface area contributed by atoms with Crippen molar-refractivity contribution in [1.82, 2.24) is 10.6 Å². The Hall–Kier alpha value is -2.00. The van der Waals surface area contributed by atoms with E-state index in [0.29, 0.717) is 10.9 Å². The van der Waals surface area contributed by atoms with Crippen LogP contribution in [0.25, 0.3) is 0 Å². The molecule has 1 fully saturated rings. The van der Waals surface area contributed by atoms with Crippen LogP contribution in [-0.2, 0) is 0 Å². The molecule has 0 radical (unpaired) electrons. The van der Waals surface area contributed by atoms with Crippen molar-refractivity contribution in [2.45, 2.75) is 31.8 Å². The molecule has 2 unspecified atom stereocenters. The van der Waals surface area contributed by atoms with Gasteiger partial charge in [-0.05, 0) is 48.9 Å². The summed E-state index contributed by atoms with van der Waals surface area (Å²) in [7, 11) is 0. The molecule has 0 heterocycles. The summed E-state index contributed by atoms with van der Waals surface area (Å²) in [6.45, 7) is 1.97. The minimum Gasteiger partial charge on any atom is -0.332 e. The van der Waals surface area contributed by atoms with Gasteiger partial charge in [-0.1, -0.05) is 54.1 Å². The summed E-state index contributed by atoms with van der Waals surface area (Å²) in [5, 5.41) is 6.83. The Morgan fingerprint density at radius 3 is 2.26 bits per heavy atom. The maximum Gasteiger partial charge on any atom is 0.315 e. The van der Waals surface area contributed by atoms with Crippen LogP contribution in [-0.4, -0.2) is 6.03 Å². The summed E-state index contributed by atoms with van der Waals surface area (Å²) < 4.78 is 0. The Bertz CT molecular complexity index is 653. The number of carbonyl (C=O) groups is 1. The summed E-state index contributed by atoms with van der Waals surface area (Å²) in [5.41, 5.74) is 2.21. The first-order valence-corrected chi connectivity index (χ1v) is 8.39. The first-order valence-electron chi connectivity index (χ1n) is 8.01. The van der Waals surface area contributed by atoms with Crippen molar-refractivity contribution < 1.29 is 4.79 Å². The first-order chi connectivity index (χ1) is 11.1. The second-order valence-electron chi connectivity index (χ2n) is 6.12. The second kappa shape index (κ2) is 7.05. The Morgan fingerprint density at radius 1 is 1.00 bits per heavy atom. The molecule has 3 rings (SSSR count). The predicted molar refractivity (Wildman–Crippen MR) is 93.4 cm³/mol. The normalized spacial score (nSPS) is 16.4. The average molecular weight is 329 g/mol. The zero-order valence-electron chi connectivity index (χ0n) is 13.1. The maximum absolute atomic E-state index is 12.4. The number of rotatable bonds is 5. The van der Waals surface area contributed by atoms with Gasteiger partial charge >= 0.3 is 6.03 Å². The van der Waals surface area contributed by atoms with Crippen LogP contribution in [0.4, 0.5) is 4.79 Å². The number of urea groups is 1. The van der Waals surface area contributed by atoms with E-state index in [0.717, 1.165) is 5.56 Å². The van der Waals surface area contributed by atoms with Gasteiger partial charge in [-0.2, -0.15) is 0 Å². The molecule has 4 heteroatoms. The first kappa shape index (κ1) is 15.9. The molecule has 23 heavy (non-hydrogen) atoms. The van der Waals surface area contributed by atoms with Crippen LogP contribution in [0.1, 0.15) is 43.0 Å². The van der Waals surface area contributed by atoms with Gasteiger partial charge in [-0.15, -0.1) is 0 Å². The highest BCUT2D eigenvalue weighted by Gasteiger charge is 2.33. The van der Waals surface area contributed by atoms with Gasteiger partial charge in [0.15, 0.2) is 0 Å². The van der Waals surface area contributed by atoms with Gasteiger partial charge in [0.05, 0.1) is 12.1 Å². The van der Waals surface area contributed by atoms with Gasteiger partial charge in [0.2, 0.25) is 0 Å². The predicted octanol–water partition coefficient (Wildman–Crippen LogP) is 4.85. The van der Waals surface area contributed by atoms with Crippen LogP contribution in [0, 0.1) is 5.92 Å². The minimum atomic E-state index is -0.131. The lowest BCUT2D eigenvalue weighted by Gasteiger charge is -2.21. The van der Waals surface area contributed by atoms with Crippen molar-refractivity contribution in [1.29, 1.82) is 0 Å². The quantitative estimate of drug-likeness (QED) is 0.809. The van der Waals surface area contributed by atoms with E-state index in [1.165, 1.54) is 18.4 Å². The van der Waals surface area contributed by atoms with E-state index >= 15 is 0 Å². The third-order valence-electron chi connectivity index (χ3n) is 4.26. The summed E-state index contributed by atoms with van der Waals surface area (Å²) >= 11 is 5.90. The average Bonchev–Trinajstić information content (AvgIpc) is 3.39. The van der Waals surface area contributed by atoms with E-state index in [1.807, 2.05) is 49.4 Å². The number of amides is 2. The molecule has 0 aliphatic heterocycles. The fourth-order valence-electron chi connectivity index (χ4n) is 2.78. The highest BCUT2D eigenvalue weighted by Crippen LogP contribution is 2.40. The summed E-state index contributed by atoms with van der Waals surface area (Å²) in [4.78, 5) is 12.4.